The summed E-state index contributed by atoms with van der Waals surface area (Å²) in [6, 6.07) is 16.9. The highest BCUT2D eigenvalue weighted by molar-refractivity contribution is 5.44. The van der Waals surface area contributed by atoms with Crippen LogP contribution in [0.15, 0.2) is 61.2 Å². The van der Waals surface area contributed by atoms with Gasteiger partial charge in [-0.25, -0.2) is 0 Å². The van der Waals surface area contributed by atoms with E-state index >= 15 is 0 Å². The monoisotopic (exact) mass is 274 g/mol. The number of benzene rings is 2. The molecule has 0 nitrogen and oxygen atoms in total. The lowest BCUT2D eigenvalue weighted by Gasteiger charge is -2.00. The lowest BCUT2D eigenvalue weighted by molar-refractivity contribution is 0.795. The summed E-state index contributed by atoms with van der Waals surface area (Å²) in [7, 11) is 0. The van der Waals surface area contributed by atoms with E-state index in [1.807, 2.05) is 6.08 Å². The standard InChI is InChI=1S/C21H22/c1-3-5-8-20-9-6-10-21(17-20)16-15-19-13-11-18(7-4-2)12-14-19/h4,6,9-14,17H,2-3,5,7-8H2,1H3. The molecule has 2 aromatic carbocycles. The van der Waals surface area contributed by atoms with Crippen LogP contribution < -0.4 is 0 Å². The molecule has 0 spiro atoms. The van der Waals surface area contributed by atoms with Gasteiger partial charge in [-0.3, -0.25) is 0 Å². The Balaban J connectivity index is 2.09. The molecule has 0 saturated heterocycles. The fraction of sp³-hybridized carbons (Fsp3) is 0.238. The van der Waals surface area contributed by atoms with Gasteiger partial charge in [-0.05, 0) is 54.7 Å². The highest BCUT2D eigenvalue weighted by Crippen LogP contribution is 2.09. The average molecular weight is 274 g/mol. The second-order valence-corrected chi connectivity index (χ2v) is 5.24. The lowest BCUT2D eigenvalue weighted by atomic mass is 10.1. The van der Waals surface area contributed by atoms with Crippen molar-refractivity contribution < 1.29 is 0 Å². The molecule has 2 aromatic rings. The van der Waals surface area contributed by atoms with Crippen LogP contribution in [0.1, 0.15) is 42.0 Å². The van der Waals surface area contributed by atoms with Crippen LogP contribution in [0.5, 0.6) is 0 Å². The summed E-state index contributed by atoms with van der Waals surface area (Å²) >= 11 is 0. The number of unbranched alkanes of at least 4 members (excludes halogenated alkanes) is 1. The second kappa shape index (κ2) is 8.12. The van der Waals surface area contributed by atoms with Gasteiger partial charge in [0.25, 0.3) is 0 Å². The largest absolute Gasteiger partial charge is 0.103 e. The summed E-state index contributed by atoms with van der Waals surface area (Å²) in [6.45, 7) is 5.98. The highest BCUT2D eigenvalue weighted by atomic mass is 14.0. The van der Waals surface area contributed by atoms with Crippen LogP contribution in [0.2, 0.25) is 0 Å². The minimum Gasteiger partial charge on any atom is -0.103 e. The predicted molar refractivity (Wildman–Crippen MR) is 91.4 cm³/mol. The van der Waals surface area contributed by atoms with Gasteiger partial charge in [0.05, 0.1) is 0 Å². The Kier molecular flexibility index (Phi) is 5.85. The van der Waals surface area contributed by atoms with E-state index in [0.717, 1.165) is 24.0 Å². The Labute approximate surface area is 128 Å². The van der Waals surface area contributed by atoms with Crippen LogP contribution >= 0.6 is 0 Å². The lowest BCUT2D eigenvalue weighted by Crippen LogP contribution is -1.86. The molecule has 106 valence electrons. The van der Waals surface area contributed by atoms with Crippen molar-refractivity contribution in [1.82, 2.24) is 0 Å². The fourth-order valence-corrected chi connectivity index (χ4v) is 2.22. The van der Waals surface area contributed by atoms with Crippen molar-refractivity contribution in [2.75, 3.05) is 0 Å². The molecule has 0 saturated carbocycles. The Morgan fingerprint density at radius 2 is 1.71 bits per heavy atom. The van der Waals surface area contributed by atoms with Crippen LogP contribution in [-0.2, 0) is 12.8 Å². The first kappa shape index (κ1) is 15.1. The van der Waals surface area contributed by atoms with Crippen LogP contribution in [-0.4, -0.2) is 0 Å². The van der Waals surface area contributed by atoms with Gasteiger partial charge in [-0.1, -0.05) is 55.5 Å². The van der Waals surface area contributed by atoms with Crippen molar-refractivity contribution in [2.24, 2.45) is 0 Å². The SMILES string of the molecule is C=CCc1ccc(C#Cc2cccc(CCCC)c2)cc1. The summed E-state index contributed by atoms with van der Waals surface area (Å²) in [4.78, 5) is 0. The first-order chi connectivity index (χ1) is 10.3. The maximum Gasteiger partial charge on any atom is 0.0251 e. The zero-order chi connectivity index (χ0) is 14.9. The minimum absolute atomic E-state index is 0.910. The first-order valence-electron chi connectivity index (χ1n) is 7.62. The number of aryl methyl sites for hydroxylation is 1. The van der Waals surface area contributed by atoms with Gasteiger partial charge in [0.1, 0.15) is 0 Å². The van der Waals surface area contributed by atoms with Crippen molar-refractivity contribution in [3.05, 3.63) is 83.4 Å². The number of hydrogen-bond acceptors (Lipinski definition) is 0. The van der Waals surface area contributed by atoms with E-state index in [0.29, 0.717) is 0 Å². The third-order valence-electron chi connectivity index (χ3n) is 3.43. The normalized spacial score (nSPS) is 9.76. The molecule has 2 rings (SSSR count). The van der Waals surface area contributed by atoms with E-state index in [-0.39, 0.29) is 0 Å². The molecule has 0 radical (unpaired) electrons. The third-order valence-corrected chi connectivity index (χ3v) is 3.43. The van der Waals surface area contributed by atoms with Gasteiger partial charge < -0.3 is 0 Å². The molecule has 0 unspecified atom stereocenters. The van der Waals surface area contributed by atoms with E-state index in [1.165, 1.54) is 24.0 Å². The molecule has 0 aliphatic carbocycles. The molecular weight excluding hydrogens is 252 g/mol. The van der Waals surface area contributed by atoms with Crippen LogP contribution in [0, 0.1) is 11.8 Å². The van der Waals surface area contributed by atoms with Gasteiger partial charge in [0.2, 0.25) is 0 Å². The van der Waals surface area contributed by atoms with E-state index in [2.05, 4.69) is 73.9 Å². The van der Waals surface area contributed by atoms with Crippen molar-refractivity contribution in [2.45, 2.75) is 32.6 Å². The summed E-state index contributed by atoms with van der Waals surface area (Å²) in [5, 5.41) is 0. The number of rotatable bonds is 5. The Morgan fingerprint density at radius 3 is 2.43 bits per heavy atom. The Morgan fingerprint density at radius 1 is 0.952 bits per heavy atom. The smallest absolute Gasteiger partial charge is 0.0251 e. The number of allylic oxidation sites excluding steroid dienone is 1. The number of hydrogen-bond donors (Lipinski definition) is 0. The quantitative estimate of drug-likeness (QED) is 0.522. The molecule has 0 fully saturated rings. The summed E-state index contributed by atoms with van der Waals surface area (Å²) in [5.74, 6) is 6.50. The zero-order valence-corrected chi connectivity index (χ0v) is 12.7. The van der Waals surface area contributed by atoms with E-state index in [4.69, 9.17) is 0 Å². The van der Waals surface area contributed by atoms with Crippen molar-refractivity contribution in [1.29, 1.82) is 0 Å². The summed E-state index contributed by atoms with van der Waals surface area (Å²) in [5.41, 5.74) is 4.81. The second-order valence-electron chi connectivity index (χ2n) is 5.24. The van der Waals surface area contributed by atoms with Gasteiger partial charge in [0.15, 0.2) is 0 Å². The van der Waals surface area contributed by atoms with Crippen LogP contribution in [0.25, 0.3) is 0 Å². The molecule has 0 aliphatic rings. The minimum atomic E-state index is 0.910. The van der Waals surface area contributed by atoms with Crippen LogP contribution in [0.3, 0.4) is 0 Å². The molecule has 0 heteroatoms. The Hall–Kier alpha value is -2.26. The molecule has 0 heterocycles. The maximum absolute atomic E-state index is 3.76. The zero-order valence-electron chi connectivity index (χ0n) is 12.7. The van der Waals surface area contributed by atoms with E-state index in [9.17, 15) is 0 Å². The first-order valence-corrected chi connectivity index (χ1v) is 7.62. The fourth-order valence-electron chi connectivity index (χ4n) is 2.22. The molecule has 0 aromatic heterocycles. The molecule has 0 bridgehead atoms. The highest BCUT2D eigenvalue weighted by Gasteiger charge is 1.94. The van der Waals surface area contributed by atoms with E-state index in [1.54, 1.807) is 0 Å². The average Bonchev–Trinajstić information content (AvgIpc) is 2.53. The molecule has 0 amide bonds. The third kappa shape index (κ3) is 4.97. The van der Waals surface area contributed by atoms with Crippen molar-refractivity contribution >= 4 is 0 Å². The topological polar surface area (TPSA) is 0 Å². The maximum atomic E-state index is 3.76. The predicted octanol–water partition coefficient (Wildman–Crippen LogP) is 5.16. The molecule has 0 aliphatic heterocycles. The molecule has 0 N–H and O–H groups in total. The summed E-state index contributed by atoms with van der Waals surface area (Å²) in [6.07, 6.45) is 6.44. The van der Waals surface area contributed by atoms with Gasteiger partial charge >= 0.3 is 0 Å². The summed E-state index contributed by atoms with van der Waals surface area (Å²) < 4.78 is 0. The van der Waals surface area contributed by atoms with Crippen LogP contribution in [0.4, 0.5) is 0 Å². The molecule has 21 heavy (non-hydrogen) atoms. The Bertz CT molecular complexity index is 636. The van der Waals surface area contributed by atoms with Crippen molar-refractivity contribution in [3.63, 3.8) is 0 Å². The van der Waals surface area contributed by atoms with Gasteiger partial charge in [-0.15, -0.1) is 6.58 Å². The molecule has 0 atom stereocenters. The van der Waals surface area contributed by atoms with Gasteiger partial charge in [-0.2, -0.15) is 0 Å². The van der Waals surface area contributed by atoms with Crippen molar-refractivity contribution in [3.8, 4) is 11.8 Å². The van der Waals surface area contributed by atoms with Gasteiger partial charge in [0, 0.05) is 11.1 Å². The molecular formula is C21H22. The van der Waals surface area contributed by atoms with E-state index < -0.39 is 0 Å².